The van der Waals surface area contributed by atoms with Gasteiger partial charge in [-0.2, -0.15) is 4.57 Å². The van der Waals surface area contributed by atoms with Crippen molar-refractivity contribution in [3.05, 3.63) is 64.5 Å². The number of pyridine rings is 1. The summed E-state index contributed by atoms with van der Waals surface area (Å²) in [5.74, 6) is 0.254. The summed E-state index contributed by atoms with van der Waals surface area (Å²) in [7, 11) is 0. The van der Waals surface area contributed by atoms with Crippen LogP contribution in [0, 0.1) is 27.7 Å². The molecule has 1 aromatic carbocycles. The number of halogens is 1. The van der Waals surface area contributed by atoms with Crippen LogP contribution in [-0.2, 0) is 17.8 Å². The second-order valence-corrected chi connectivity index (χ2v) is 5.48. The van der Waals surface area contributed by atoms with Crippen molar-refractivity contribution in [2.45, 2.75) is 40.7 Å². The summed E-state index contributed by atoms with van der Waals surface area (Å²) in [5, 5.41) is 0. The molecule has 1 heterocycles. The summed E-state index contributed by atoms with van der Waals surface area (Å²) in [6.07, 6.45) is 0.513. The van der Waals surface area contributed by atoms with Crippen LogP contribution in [0.1, 0.15) is 28.1 Å². The van der Waals surface area contributed by atoms with E-state index in [1.54, 1.807) is 0 Å². The normalized spacial score (nSPS) is 10.1. The second-order valence-electron chi connectivity index (χ2n) is 5.48. The zero-order valence-electron chi connectivity index (χ0n) is 13.1. The Kier molecular flexibility index (Phi) is 6.28. The number of aromatic nitrogens is 1. The molecule has 0 N–H and O–H groups in total. The molecule has 0 aliphatic carbocycles. The Balaban J connectivity index is 0.00000220. The number of rotatable bonds is 4. The second kappa shape index (κ2) is 7.51. The van der Waals surface area contributed by atoms with E-state index >= 15 is 0 Å². The number of Topliss-reactive ketones (excluding diaryl/α,β-unsaturated/α-hetero) is 1. The molecule has 2 rings (SSSR count). The molecule has 0 amide bonds. The first-order chi connectivity index (χ1) is 9.49. The lowest BCUT2D eigenvalue weighted by Gasteiger charge is -2.08. The molecule has 0 saturated carbocycles. The van der Waals surface area contributed by atoms with Gasteiger partial charge in [0.05, 0.1) is 0 Å². The average Bonchev–Trinajstić information content (AvgIpc) is 2.39. The third-order valence-corrected chi connectivity index (χ3v) is 3.88. The van der Waals surface area contributed by atoms with Crippen LogP contribution >= 0.6 is 0 Å². The van der Waals surface area contributed by atoms with E-state index in [1.807, 2.05) is 38.1 Å². The van der Waals surface area contributed by atoms with Crippen molar-refractivity contribution in [3.8, 4) is 0 Å². The third-order valence-electron chi connectivity index (χ3n) is 3.88. The minimum absolute atomic E-state index is 0. The van der Waals surface area contributed by atoms with Crippen LogP contribution in [-0.4, -0.2) is 5.78 Å². The number of aryl methyl sites for hydroxylation is 4. The standard InChI is InChI=1S/C18H22NO.BrH/c1-13-7-5-8-14(2)18(13)11-17(20)12-19-15(3)9-6-10-16(19)4;/h5-10H,11-12H2,1-4H3;1H/q+1;/p-1. The molecule has 112 valence electrons. The molecule has 1 aromatic heterocycles. The third kappa shape index (κ3) is 4.24. The Morgan fingerprint density at radius 1 is 0.905 bits per heavy atom. The fourth-order valence-corrected chi connectivity index (χ4v) is 2.59. The van der Waals surface area contributed by atoms with Gasteiger partial charge >= 0.3 is 0 Å². The molecular weight excluding hydrogens is 326 g/mol. The number of nitrogens with zero attached hydrogens (tertiary/aromatic N) is 1. The number of carbonyl (C=O) groups excluding carboxylic acids is 1. The van der Waals surface area contributed by atoms with E-state index in [0.29, 0.717) is 13.0 Å². The number of hydrogen-bond acceptors (Lipinski definition) is 1. The fourth-order valence-electron chi connectivity index (χ4n) is 2.59. The van der Waals surface area contributed by atoms with Gasteiger partial charge in [-0.1, -0.05) is 18.2 Å². The molecule has 0 saturated heterocycles. The first-order valence-electron chi connectivity index (χ1n) is 7.02. The van der Waals surface area contributed by atoms with E-state index in [0.717, 1.165) is 11.4 Å². The van der Waals surface area contributed by atoms with Gasteiger partial charge in [-0.05, 0) is 36.6 Å². The molecule has 0 aliphatic rings. The number of hydrogen-bond donors (Lipinski definition) is 0. The molecule has 0 radical (unpaired) electrons. The molecule has 0 unspecified atom stereocenters. The van der Waals surface area contributed by atoms with Gasteiger partial charge in [-0.15, -0.1) is 0 Å². The van der Waals surface area contributed by atoms with Crippen LogP contribution in [0.2, 0.25) is 0 Å². The summed E-state index contributed by atoms with van der Waals surface area (Å²) in [6.45, 7) is 8.68. The van der Waals surface area contributed by atoms with Crippen LogP contribution < -0.4 is 21.5 Å². The highest BCUT2D eigenvalue weighted by molar-refractivity contribution is 5.80. The van der Waals surface area contributed by atoms with E-state index in [4.69, 9.17) is 0 Å². The topological polar surface area (TPSA) is 20.9 Å². The first kappa shape index (κ1) is 17.6. The van der Waals surface area contributed by atoms with E-state index < -0.39 is 0 Å². The Bertz CT molecular complexity index is 554. The van der Waals surface area contributed by atoms with Gasteiger partial charge in [0.15, 0.2) is 11.4 Å². The summed E-state index contributed by atoms with van der Waals surface area (Å²) >= 11 is 0. The van der Waals surface area contributed by atoms with Crippen LogP contribution in [0.3, 0.4) is 0 Å². The van der Waals surface area contributed by atoms with E-state index in [2.05, 4.69) is 30.5 Å². The zero-order valence-corrected chi connectivity index (χ0v) is 14.7. The first-order valence-corrected chi connectivity index (χ1v) is 7.02. The predicted octanol–water partition coefficient (Wildman–Crippen LogP) is 0.0236. The van der Waals surface area contributed by atoms with Crippen molar-refractivity contribution in [3.63, 3.8) is 0 Å². The quantitative estimate of drug-likeness (QED) is 0.714. The molecule has 2 nitrogen and oxygen atoms in total. The SMILES string of the molecule is Cc1cccc(C)c1CC(=O)C[n+]1c(C)cccc1C.[Br-]. The molecule has 2 aromatic rings. The molecule has 0 fully saturated rings. The molecule has 0 bridgehead atoms. The largest absolute Gasteiger partial charge is 1.00 e. The van der Waals surface area contributed by atoms with Gasteiger partial charge in [0.2, 0.25) is 12.3 Å². The van der Waals surface area contributed by atoms with Crippen molar-refractivity contribution in [1.29, 1.82) is 0 Å². The summed E-state index contributed by atoms with van der Waals surface area (Å²) in [6, 6.07) is 12.3. The van der Waals surface area contributed by atoms with Gasteiger partial charge in [-0.25, -0.2) is 0 Å². The number of carbonyl (C=O) groups is 1. The maximum absolute atomic E-state index is 12.4. The Morgan fingerprint density at radius 3 is 1.90 bits per heavy atom. The lowest BCUT2D eigenvalue weighted by Crippen LogP contribution is -3.00. The minimum Gasteiger partial charge on any atom is -1.00 e. The molecule has 3 heteroatoms. The summed E-state index contributed by atoms with van der Waals surface area (Å²) < 4.78 is 2.08. The molecule has 0 aliphatic heterocycles. The van der Waals surface area contributed by atoms with E-state index in [9.17, 15) is 4.79 Å². The predicted molar refractivity (Wildman–Crippen MR) is 80.7 cm³/mol. The van der Waals surface area contributed by atoms with Crippen molar-refractivity contribution >= 4 is 5.78 Å². The van der Waals surface area contributed by atoms with Crippen LogP contribution in [0.25, 0.3) is 0 Å². The van der Waals surface area contributed by atoms with Crippen molar-refractivity contribution in [1.82, 2.24) is 0 Å². The lowest BCUT2D eigenvalue weighted by atomic mass is 9.98. The fraction of sp³-hybridized carbons (Fsp3) is 0.333. The Labute approximate surface area is 137 Å². The number of benzene rings is 1. The highest BCUT2D eigenvalue weighted by atomic mass is 79.9. The van der Waals surface area contributed by atoms with Crippen LogP contribution in [0.15, 0.2) is 36.4 Å². The van der Waals surface area contributed by atoms with Crippen molar-refractivity contribution < 1.29 is 26.3 Å². The van der Waals surface area contributed by atoms with Crippen LogP contribution in [0.4, 0.5) is 0 Å². The summed E-state index contributed by atoms with van der Waals surface area (Å²) in [4.78, 5) is 12.4. The van der Waals surface area contributed by atoms with Gasteiger partial charge < -0.3 is 17.0 Å². The van der Waals surface area contributed by atoms with Gasteiger partial charge in [0.1, 0.15) is 0 Å². The highest BCUT2D eigenvalue weighted by Crippen LogP contribution is 2.14. The molecular formula is C18H22BrNO. The van der Waals surface area contributed by atoms with Crippen molar-refractivity contribution in [2.24, 2.45) is 0 Å². The zero-order chi connectivity index (χ0) is 14.7. The van der Waals surface area contributed by atoms with Crippen LogP contribution in [0.5, 0.6) is 0 Å². The van der Waals surface area contributed by atoms with E-state index in [-0.39, 0.29) is 22.8 Å². The molecule has 0 spiro atoms. The highest BCUT2D eigenvalue weighted by Gasteiger charge is 2.16. The Morgan fingerprint density at radius 2 is 1.38 bits per heavy atom. The summed E-state index contributed by atoms with van der Waals surface area (Å²) in [5.41, 5.74) is 5.82. The molecule has 21 heavy (non-hydrogen) atoms. The maximum atomic E-state index is 12.4. The average molecular weight is 348 g/mol. The maximum Gasteiger partial charge on any atom is 0.207 e. The Hall–Kier alpha value is -1.48. The number of ketones is 1. The monoisotopic (exact) mass is 347 g/mol. The van der Waals surface area contributed by atoms with Gasteiger partial charge in [-0.3, -0.25) is 4.79 Å². The van der Waals surface area contributed by atoms with Gasteiger partial charge in [0, 0.05) is 32.4 Å². The van der Waals surface area contributed by atoms with Crippen molar-refractivity contribution in [2.75, 3.05) is 0 Å². The van der Waals surface area contributed by atoms with Gasteiger partial charge in [0.25, 0.3) is 0 Å². The minimum atomic E-state index is 0. The molecule has 0 atom stereocenters. The smallest absolute Gasteiger partial charge is 0.207 e. The lowest BCUT2D eigenvalue weighted by molar-refractivity contribution is -0.696. The van der Waals surface area contributed by atoms with E-state index in [1.165, 1.54) is 16.7 Å².